The Bertz CT molecular complexity index is 721. The predicted octanol–water partition coefficient (Wildman–Crippen LogP) is 3.55. The molecule has 2 N–H and O–H groups in total. The number of halogens is 1. The van der Waals surface area contributed by atoms with Crippen molar-refractivity contribution in [3.8, 4) is 11.5 Å². The van der Waals surface area contributed by atoms with Gasteiger partial charge >= 0.3 is 0 Å². The molecule has 0 aromatic heterocycles. The highest BCUT2D eigenvalue weighted by atomic mass is 35.5. The third-order valence-corrected chi connectivity index (χ3v) is 3.78. The molecule has 1 aliphatic heterocycles. The lowest BCUT2D eigenvalue weighted by Crippen LogP contribution is -2.32. The number of carbonyl (C=O) groups excluding carboxylic acids is 1. The monoisotopic (exact) mass is 332 g/mol. The SMILES string of the molecule is CC(Nc1ccc2c(c1)OCCO2)C(=O)Nc1ccccc1Cl. The van der Waals surface area contributed by atoms with Gasteiger partial charge in [-0.1, -0.05) is 23.7 Å². The van der Waals surface area contributed by atoms with Crippen LogP contribution in [-0.2, 0) is 4.79 Å². The summed E-state index contributed by atoms with van der Waals surface area (Å²) in [7, 11) is 0. The summed E-state index contributed by atoms with van der Waals surface area (Å²) in [5.41, 5.74) is 1.38. The Balaban J connectivity index is 1.65. The Hall–Kier alpha value is -2.40. The zero-order chi connectivity index (χ0) is 16.2. The van der Waals surface area contributed by atoms with Crippen molar-refractivity contribution in [2.24, 2.45) is 0 Å². The van der Waals surface area contributed by atoms with Gasteiger partial charge in [-0.05, 0) is 31.2 Å². The van der Waals surface area contributed by atoms with E-state index in [1.54, 1.807) is 19.1 Å². The molecule has 0 spiro atoms. The van der Waals surface area contributed by atoms with Gasteiger partial charge in [0.2, 0.25) is 5.91 Å². The summed E-state index contributed by atoms with van der Waals surface area (Å²) in [6, 6.07) is 12.2. The Morgan fingerprint density at radius 3 is 2.65 bits per heavy atom. The van der Waals surface area contributed by atoms with Crippen LogP contribution in [0.5, 0.6) is 11.5 Å². The topological polar surface area (TPSA) is 59.6 Å². The lowest BCUT2D eigenvalue weighted by atomic mass is 10.2. The molecule has 0 bridgehead atoms. The first-order chi connectivity index (χ1) is 11.1. The lowest BCUT2D eigenvalue weighted by Gasteiger charge is -2.20. The first-order valence-electron chi connectivity index (χ1n) is 7.35. The van der Waals surface area contributed by atoms with Crippen LogP contribution in [0.1, 0.15) is 6.92 Å². The van der Waals surface area contributed by atoms with Crippen LogP contribution in [0.3, 0.4) is 0 Å². The Morgan fingerprint density at radius 1 is 1.13 bits per heavy atom. The Labute approximate surface area is 139 Å². The average molecular weight is 333 g/mol. The van der Waals surface area contributed by atoms with Crippen molar-refractivity contribution in [3.63, 3.8) is 0 Å². The van der Waals surface area contributed by atoms with E-state index in [9.17, 15) is 4.79 Å². The number of para-hydroxylation sites is 1. The number of fused-ring (bicyclic) bond motifs is 1. The third kappa shape index (κ3) is 3.68. The predicted molar refractivity (Wildman–Crippen MR) is 90.6 cm³/mol. The van der Waals surface area contributed by atoms with Crippen LogP contribution in [0, 0.1) is 0 Å². The Kier molecular flexibility index (Phi) is 4.57. The van der Waals surface area contributed by atoms with Crippen molar-refractivity contribution >= 4 is 28.9 Å². The molecule has 1 atom stereocenters. The van der Waals surface area contributed by atoms with Gasteiger partial charge in [0.1, 0.15) is 19.3 Å². The fraction of sp³-hybridized carbons (Fsp3) is 0.235. The molecular weight excluding hydrogens is 316 g/mol. The summed E-state index contributed by atoms with van der Waals surface area (Å²) in [4.78, 5) is 12.3. The van der Waals surface area contributed by atoms with Crippen molar-refractivity contribution in [2.75, 3.05) is 23.8 Å². The number of amides is 1. The van der Waals surface area contributed by atoms with Crippen LogP contribution in [0.15, 0.2) is 42.5 Å². The van der Waals surface area contributed by atoms with Crippen LogP contribution < -0.4 is 20.1 Å². The largest absolute Gasteiger partial charge is 0.486 e. The molecule has 1 aliphatic rings. The fourth-order valence-corrected chi connectivity index (χ4v) is 2.44. The molecule has 120 valence electrons. The normalized spacial score (nSPS) is 14.0. The number of nitrogens with one attached hydrogen (secondary N) is 2. The molecule has 0 saturated heterocycles. The van der Waals surface area contributed by atoms with E-state index in [1.165, 1.54) is 0 Å². The molecule has 0 radical (unpaired) electrons. The summed E-state index contributed by atoms with van der Waals surface area (Å²) >= 11 is 6.05. The van der Waals surface area contributed by atoms with Crippen LogP contribution in [-0.4, -0.2) is 25.2 Å². The standard InChI is InChI=1S/C17H17ClN2O3/c1-11(17(21)20-14-5-3-2-4-13(14)18)19-12-6-7-15-16(10-12)23-9-8-22-15/h2-7,10-11,19H,8-9H2,1H3,(H,20,21). The van der Waals surface area contributed by atoms with Gasteiger partial charge in [-0.2, -0.15) is 0 Å². The molecule has 6 heteroatoms. The van der Waals surface area contributed by atoms with Crippen molar-refractivity contribution < 1.29 is 14.3 Å². The van der Waals surface area contributed by atoms with Crippen molar-refractivity contribution in [3.05, 3.63) is 47.5 Å². The fourth-order valence-electron chi connectivity index (χ4n) is 2.25. The van der Waals surface area contributed by atoms with Crippen LogP contribution in [0.4, 0.5) is 11.4 Å². The molecule has 0 fully saturated rings. The van der Waals surface area contributed by atoms with Gasteiger partial charge in [-0.15, -0.1) is 0 Å². The highest BCUT2D eigenvalue weighted by Crippen LogP contribution is 2.32. The van der Waals surface area contributed by atoms with Gasteiger partial charge in [-0.3, -0.25) is 4.79 Å². The summed E-state index contributed by atoms with van der Waals surface area (Å²) < 4.78 is 11.0. The van der Waals surface area contributed by atoms with E-state index < -0.39 is 6.04 Å². The number of hydrogen-bond donors (Lipinski definition) is 2. The smallest absolute Gasteiger partial charge is 0.246 e. The van der Waals surface area contributed by atoms with Gasteiger partial charge < -0.3 is 20.1 Å². The number of ether oxygens (including phenoxy) is 2. The minimum Gasteiger partial charge on any atom is -0.486 e. The molecule has 2 aromatic carbocycles. The van der Waals surface area contributed by atoms with E-state index in [2.05, 4.69) is 10.6 Å². The molecule has 0 saturated carbocycles. The molecular formula is C17H17ClN2O3. The summed E-state index contributed by atoms with van der Waals surface area (Å²) in [5, 5.41) is 6.45. The highest BCUT2D eigenvalue weighted by Gasteiger charge is 2.16. The first-order valence-corrected chi connectivity index (χ1v) is 7.73. The molecule has 5 nitrogen and oxygen atoms in total. The van der Waals surface area contributed by atoms with Crippen molar-refractivity contribution in [1.29, 1.82) is 0 Å². The minimum absolute atomic E-state index is 0.173. The third-order valence-electron chi connectivity index (χ3n) is 3.45. The molecule has 0 aliphatic carbocycles. The molecule has 1 amide bonds. The quantitative estimate of drug-likeness (QED) is 0.899. The van der Waals surface area contributed by atoms with E-state index >= 15 is 0 Å². The van der Waals surface area contributed by atoms with E-state index in [1.807, 2.05) is 30.3 Å². The van der Waals surface area contributed by atoms with Gasteiger partial charge in [-0.25, -0.2) is 0 Å². The van der Waals surface area contributed by atoms with Crippen LogP contribution >= 0.6 is 11.6 Å². The number of rotatable bonds is 4. The number of hydrogen-bond acceptors (Lipinski definition) is 4. The van der Waals surface area contributed by atoms with Crippen LogP contribution in [0.2, 0.25) is 5.02 Å². The summed E-state index contributed by atoms with van der Waals surface area (Å²) in [6.45, 7) is 2.86. The van der Waals surface area contributed by atoms with Crippen molar-refractivity contribution in [1.82, 2.24) is 0 Å². The summed E-state index contributed by atoms with van der Waals surface area (Å²) in [6.07, 6.45) is 0. The van der Waals surface area contributed by atoms with Gasteiger partial charge in [0.15, 0.2) is 11.5 Å². The minimum atomic E-state index is -0.436. The number of carbonyl (C=O) groups is 1. The van der Waals surface area contributed by atoms with Gasteiger partial charge in [0.25, 0.3) is 0 Å². The molecule has 1 unspecified atom stereocenters. The van der Waals surface area contributed by atoms with E-state index in [4.69, 9.17) is 21.1 Å². The maximum absolute atomic E-state index is 12.3. The number of anilines is 2. The van der Waals surface area contributed by atoms with Crippen molar-refractivity contribution in [2.45, 2.75) is 13.0 Å². The maximum atomic E-state index is 12.3. The summed E-state index contributed by atoms with van der Waals surface area (Å²) in [5.74, 6) is 1.22. The maximum Gasteiger partial charge on any atom is 0.246 e. The molecule has 1 heterocycles. The van der Waals surface area contributed by atoms with Gasteiger partial charge in [0.05, 0.1) is 10.7 Å². The molecule has 3 rings (SSSR count). The van der Waals surface area contributed by atoms with Gasteiger partial charge in [0, 0.05) is 11.8 Å². The zero-order valence-corrected chi connectivity index (χ0v) is 13.4. The van der Waals surface area contributed by atoms with Crippen LogP contribution in [0.25, 0.3) is 0 Å². The second-order valence-electron chi connectivity index (χ2n) is 5.19. The lowest BCUT2D eigenvalue weighted by molar-refractivity contribution is -0.116. The number of benzene rings is 2. The highest BCUT2D eigenvalue weighted by molar-refractivity contribution is 6.33. The van der Waals surface area contributed by atoms with E-state index in [0.29, 0.717) is 29.7 Å². The molecule has 2 aromatic rings. The average Bonchev–Trinajstić information content (AvgIpc) is 2.56. The first kappa shape index (κ1) is 15.5. The van der Waals surface area contributed by atoms with E-state index in [-0.39, 0.29) is 5.91 Å². The zero-order valence-electron chi connectivity index (χ0n) is 12.6. The second-order valence-corrected chi connectivity index (χ2v) is 5.60. The molecule has 23 heavy (non-hydrogen) atoms. The van der Waals surface area contributed by atoms with E-state index in [0.717, 1.165) is 11.4 Å². The second kappa shape index (κ2) is 6.79. The Morgan fingerprint density at radius 2 is 1.87 bits per heavy atom.